The minimum atomic E-state index is 0.811. The SMILES string of the molecule is CCCCN(CCCC)C1CCC(CN)CC1. The van der Waals surface area contributed by atoms with Crippen LogP contribution in [0.3, 0.4) is 0 Å². The zero-order valence-electron chi connectivity index (χ0n) is 12.0. The first-order valence-corrected chi connectivity index (χ1v) is 7.75. The normalized spacial score (nSPS) is 25.4. The number of nitrogens with two attached hydrogens (primary N) is 1. The third-order valence-corrected chi connectivity index (χ3v) is 4.26. The number of hydrogen-bond donors (Lipinski definition) is 1. The molecule has 0 unspecified atom stereocenters. The van der Waals surface area contributed by atoms with E-state index in [2.05, 4.69) is 18.7 Å². The van der Waals surface area contributed by atoms with E-state index in [1.807, 2.05) is 0 Å². The fourth-order valence-electron chi connectivity index (χ4n) is 2.95. The highest BCUT2D eigenvalue weighted by Gasteiger charge is 2.24. The van der Waals surface area contributed by atoms with Crippen molar-refractivity contribution in [3.63, 3.8) is 0 Å². The van der Waals surface area contributed by atoms with Crippen molar-refractivity contribution in [1.82, 2.24) is 4.90 Å². The average Bonchev–Trinajstić information content (AvgIpc) is 2.39. The summed E-state index contributed by atoms with van der Waals surface area (Å²) < 4.78 is 0. The Morgan fingerprint density at radius 3 is 1.88 bits per heavy atom. The molecule has 0 atom stereocenters. The quantitative estimate of drug-likeness (QED) is 0.704. The summed E-state index contributed by atoms with van der Waals surface area (Å²) in [7, 11) is 0. The lowest BCUT2D eigenvalue weighted by atomic mass is 9.85. The van der Waals surface area contributed by atoms with Crippen LogP contribution in [0.4, 0.5) is 0 Å². The molecule has 1 rings (SSSR count). The highest BCUT2D eigenvalue weighted by molar-refractivity contribution is 4.80. The van der Waals surface area contributed by atoms with Gasteiger partial charge in [-0.05, 0) is 64.1 Å². The first kappa shape index (κ1) is 15.0. The van der Waals surface area contributed by atoms with Crippen molar-refractivity contribution in [2.75, 3.05) is 19.6 Å². The predicted molar refractivity (Wildman–Crippen MR) is 76.2 cm³/mol. The van der Waals surface area contributed by atoms with Gasteiger partial charge in [-0.1, -0.05) is 26.7 Å². The molecular formula is C15H32N2. The Labute approximate surface area is 108 Å². The molecule has 0 aromatic heterocycles. The second-order valence-electron chi connectivity index (χ2n) is 5.65. The molecule has 0 spiro atoms. The summed E-state index contributed by atoms with van der Waals surface area (Å²) in [5, 5.41) is 0. The lowest BCUT2D eigenvalue weighted by molar-refractivity contribution is 0.134. The van der Waals surface area contributed by atoms with Crippen LogP contribution >= 0.6 is 0 Å². The van der Waals surface area contributed by atoms with Crippen molar-refractivity contribution in [2.45, 2.75) is 71.3 Å². The van der Waals surface area contributed by atoms with Crippen molar-refractivity contribution in [2.24, 2.45) is 11.7 Å². The van der Waals surface area contributed by atoms with Crippen LogP contribution in [-0.4, -0.2) is 30.6 Å². The molecule has 17 heavy (non-hydrogen) atoms. The van der Waals surface area contributed by atoms with E-state index in [1.165, 1.54) is 64.5 Å². The Hall–Kier alpha value is -0.0800. The van der Waals surface area contributed by atoms with Gasteiger partial charge in [-0.25, -0.2) is 0 Å². The van der Waals surface area contributed by atoms with E-state index >= 15 is 0 Å². The van der Waals surface area contributed by atoms with Crippen molar-refractivity contribution in [1.29, 1.82) is 0 Å². The molecule has 0 aromatic rings. The van der Waals surface area contributed by atoms with Gasteiger partial charge in [0, 0.05) is 6.04 Å². The fourth-order valence-corrected chi connectivity index (χ4v) is 2.95. The molecular weight excluding hydrogens is 208 g/mol. The lowest BCUT2D eigenvalue weighted by Gasteiger charge is -2.36. The van der Waals surface area contributed by atoms with Crippen LogP contribution in [0.25, 0.3) is 0 Å². The minimum absolute atomic E-state index is 0.811. The highest BCUT2D eigenvalue weighted by Crippen LogP contribution is 2.27. The van der Waals surface area contributed by atoms with Crippen molar-refractivity contribution < 1.29 is 0 Å². The number of nitrogens with zero attached hydrogens (tertiary/aromatic N) is 1. The first-order valence-electron chi connectivity index (χ1n) is 7.75. The summed E-state index contributed by atoms with van der Waals surface area (Å²) in [5.41, 5.74) is 5.77. The van der Waals surface area contributed by atoms with Crippen molar-refractivity contribution >= 4 is 0 Å². The molecule has 0 bridgehead atoms. The van der Waals surface area contributed by atoms with E-state index in [9.17, 15) is 0 Å². The maximum atomic E-state index is 5.77. The number of unbranched alkanes of at least 4 members (excludes halogenated alkanes) is 2. The van der Waals surface area contributed by atoms with Crippen LogP contribution in [-0.2, 0) is 0 Å². The van der Waals surface area contributed by atoms with Crippen LogP contribution in [0, 0.1) is 5.92 Å². The zero-order valence-corrected chi connectivity index (χ0v) is 12.0. The van der Waals surface area contributed by atoms with Gasteiger partial charge in [0.05, 0.1) is 0 Å². The Bertz CT molecular complexity index is 166. The van der Waals surface area contributed by atoms with Gasteiger partial charge in [0.2, 0.25) is 0 Å². The Balaban J connectivity index is 2.34. The molecule has 0 aromatic carbocycles. The van der Waals surface area contributed by atoms with E-state index in [0.717, 1.165) is 18.5 Å². The minimum Gasteiger partial charge on any atom is -0.330 e. The van der Waals surface area contributed by atoms with Crippen LogP contribution in [0.5, 0.6) is 0 Å². The van der Waals surface area contributed by atoms with Crippen LogP contribution in [0.1, 0.15) is 65.2 Å². The van der Waals surface area contributed by atoms with E-state index in [4.69, 9.17) is 5.73 Å². The summed E-state index contributed by atoms with van der Waals surface area (Å²) in [5.74, 6) is 0.811. The van der Waals surface area contributed by atoms with E-state index in [0.29, 0.717) is 0 Å². The third-order valence-electron chi connectivity index (χ3n) is 4.26. The number of hydrogen-bond acceptors (Lipinski definition) is 2. The smallest absolute Gasteiger partial charge is 0.00954 e. The van der Waals surface area contributed by atoms with Crippen LogP contribution < -0.4 is 5.73 Å². The zero-order chi connectivity index (χ0) is 12.5. The molecule has 1 aliphatic rings. The van der Waals surface area contributed by atoms with Gasteiger partial charge in [0.15, 0.2) is 0 Å². The van der Waals surface area contributed by atoms with E-state index in [-0.39, 0.29) is 0 Å². The third kappa shape index (κ3) is 5.39. The molecule has 0 saturated heterocycles. The van der Waals surface area contributed by atoms with Gasteiger partial charge in [0.1, 0.15) is 0 Å². The van der Waals surface area contributed by atoms with Gasteiger partial charge in [-0.2, -0.15) is 0 Å². The van der Waals surface area contributed by atoms with Crippen molar-refractivity contribution in [3.8, 4) is 0 Å². The van der Waals surface area contributed by atoms with Gasteiger partial charge in [0.25, 0.3) is 0 Å². The molecule has 1 saturated carbocycles. The molecule has 0 amide bonds. The van der Waals surface area contributed by atoms with Crippen LogP contribution in [0.15, 0.2) is 0 Å². The lowest BCUT2D eigenvalue weighted by Crippen LogP contribution is -2.40. The van der Waals surface area contributed by atoms with Crippen LogP contribution in [0.2, 0.25) is 0 Å². The molecule has 1 fully saturated rings. The molecule has 2 heteroatoms. The topological polar surface area (TPSA) is 29.3 Å². The van der Waals surface area contributed by atoms with Gasteiger partial charge < -0.3 is 10.6 Å². The molecule has 0 radical (unpaired) electrons. The Kier molecular flexibility index (Phi) is 7.87. The second-order valence-corrected chi connectivity index (χ2v) is 5.65. The number of rotatable bonds is 8. The molecule has 1 aliphatic carbocycles. The molecule has 102 valence electrons. The monoisotopic (exact) mass is 240 g/mol. The summed E-state index contributed by atoms with van der Waals surface area (Å²) in [4.78, 5) is 2.76. The summed E-state index contributed by atoms with van der Waals surface area (Å²) in [6.45, 7) is 8.12. The van der Waals surface area contributed by atoms with E-state index in [1.54, 1.807) is 0 Å². The van der Waals surface area contributed by atoms with Gasteiger partial charge in [-0.3, -0.25) is 0 Å². The largest absolute Gasteiger partial charge is 0.330 e. The average molecular weight is 240 g/mol. The summed E-state index contributed by atoms with van der Waals surface area (Å²) in [6, 6.07) is 0.857. The van der Waals surface area contributed by atoms with Crippen molar-refractivity contribution in [3.05, 3.63) is 0 Å². The maximum Gasteiger partial charge on any atom is 0.00954 e. The molecule has 2 nitrogen and oxygen atoms in total. The summed E-state index contributed by atoms with van der Waals surface area (Å²) in [6.07, 6.45) is 10.8. The Morgan fingerprint density at radius 2 is 1.47 bits per heavy atom. The van der Waals surface area contributed by atoms with E-state index < -0.39 is 0 Å². The molecule has 0 aliphatic heterocycles. The second kappa shape index (κ2) is 8.93. The fraction of sp³-hybridized carbons (Fsp3) is 1.00. The standard InChI is InChI=1S/C15H32N2/c1-3-5-11-17(12-6-4-2)15-9-7-14(13-16)8-10-15/h14-15H,3-13,16H2,1-2H3. The molecule has 2 N–H and O–H groups in total. The Morgan fingerprint density at radius 1 is 0.941 bits per heavy atom. The highest BCUT2D eigenvalue weighted by atomic mass is 15.1. The predicted octanol–water partition coefficient (Wildman–Crippen LogP) is 3.41. The van der Waals surface area contributed by atoms with Gasteiger partial charge in [-0.15, -0.1) is 0 Å². The first-order chi connectivity index (χ1) is 8.31. The van der Waals surface area contributed by atoms with Gasteiger partial charge >= 0.3 is 0 Å². The molecule has 0 heterocycles. The maximum absolute atomic E-state index is 5.77. The summed E-state index contributed by atoms with van der Waals surface area (Å²) >= 11 is 0.